The molecule has 2 aliphatic rings. The number of amides is 1. The number of carbonyl (C=O) groups is 1. The highest BCUT2D eigenvalue weighted by Crippen LogP contribution is 2.21. The van der Waals surface area contributed by atoms with Crippen LogP contribution in [-0.4, -0.2) is 60.0 Å². The lowest BCUT2D eigenvalue weighted by molar-refractivity contribution is 0.0663. The van der Waals surface area contributed by atoms with Crippen molar-refractivity contribution in [2.75, 3.05) is 38.5 Å². The highest BCUT2D eigenvalue weighted by Gasteiger charge is 2.21. The lowest BCUT2D eigenvalue weighted by Gasteiger charge is -2.32. The number of rotatable bonds is 3. The minimum atomic E-state index is 0.107. The maximum atomic E-state index is 12.6. The number of nitrogens with one attached hydrogen (secondary N) is 1. The Labute approximate surface area is 139 Å². The van der Waals surface area contributed by atoms with Crippen molar-refractivity contribution < 1.29 is 4.79 Å². The lowest BCUT2D eigenvalue weighted by atomic mass is 10.1. The maximum Gasteiger partial charge on any atom is 0.255 e. The van der Waals surface area contributed by atoms with Crippen molar-refractivity contribution in [2.45, 2.75) is 44.6 Å². The van der Waals surface area contributed by atoms with Gasteiger partial charge in [0.1, 0.15) is 0 Å². The van der Waals surface area contributed by atoms with Crippen LogP contribution in [0.15, 0.2) is 18.5 Å². The van der Waals surface area contributed by atoms with Crippen LogP contribution in [0.1, 0.15) is 48.9 Å². The number of likely N-dealkylation sites (N-methyl/N-ethyl adjacent to an activating group) is 1. The van der Waals surface area contributed by atoms with Crippen LogP contribution >= 0.6 is 0 Å². The molecule has 1 aromatic rings. The Morgan fingerprint density at radius 2 is 1.78 bits per heavy atom. The Hall–Kier alpha value is -1.62. The van der Waals surface area contributed by atoms with E-state index in [-0.39, 0.29) is 5.91 Å². The van der Waals surface area contributed by atoms with Crippen LogP contribution in [0.25, 0.3) is 0 Å². The van der Waals surface area contributed by atoms with Gasteiger partial charge in [-0.05, 0) is 26.0 Å². The van der Waals surface area contributed by atoms with E-state index < -0.39 is 0 Å². The van der Waals surface area contributed by atoms with Crippen molar-refractivity contribution in [1.29, 1.82) is 0 Å². The zero-order chi connectivity index (χ0) is 16.1. The van der Waals surface area contributed by atoms with Gasteiger partial charge in [-0.25, -0.2) is 0 Å². The third-order valence-electron chi connectivity index (χ3n) is 5.00. The van der Waals surface area contributed by atoms with Crippen molar-refractivity contribution in [2.24, 2.45) is 0 Å². The fraction of sp³-hybridized carbons (Fsp3) is 0.667. The van der Waals surface area contributed by atoms with Gasteiger partial charge in [-0.2, -0.15) is 0 Å². The van der Waals surface area contributed by atoms with E-state index in [9.17, 15) is 4.79 Å². The van der Waals surface area contributed by atoms with Gasteiger partial charge in [-0.1, -0.05) is 25.7 Å². The smallest absolute Gasteiger partial charge is 0.255 e. The second-order valence-electron chi connectivity index (χ2n) is 6.89. The highest BCUT2D eigenvalue weighted by molar-refractivity contribution is 5.94. The molecule has 5 heteroatoms. The fourth-order valence-corrected chi connectivity index (χ4v) is 3.49. The van der Waals surface area contributed by atoms with Crippen molar-refractivity contribution in [3.63, 3.8) is 0 Å². The van der Waals surface area contributed by atoms with E-state index in [2.05, 4.69) is 22.2 Å². The van der Waals surface area contributed by atoms with Gasteiger partial charge in [-0.15, -0.1) is 0 Å². The molecule has 1 saturated heterocycles. The van der Waals surface area contributed by atoms with Gasteiger partial charge in [0.2, 0.25) is 0 Å². The van der Waals surface area contributed by atoms with Gasteiger partial charge in [0.05, 0.1) is 11.3 Å². The summed E-state index contributed by atoms with van der Waals surface area (Å²) in [6.07, 6.45) is 11.3. The average molecular weight is 316 g/mol. The van der Waals surface area contributed by atoms with Crippen molar-refractivity contribution in [1.82, 2.24) is 14.8 Å². The molecule has 0 unspecified atom stereocenters. The molecule has 0 radical (unpaired) electrons. The van der Waals surface area contributed by atoms with Gasteiger partial charge < -0.3 is 15.1 Å². The van der Waals surface area contributed by atoms with Crippen molar-refractivity contribution in [3.05, 3.63) is 24.0 Å². The Morgan fingerprint density at radius 3 is 2.48 bits per heavy atom. The summed E-state index contributed by atoms with van der Waals surface area (Å²) in [4.78, 5) is 21.1. The minimum Gasteiger partial charge on any atom is -0.381 e. The first-order valence-electron chi connectivity index (χ1n) is 8.92. The Kier molecular flexibility index (Phi) is 5.49. The molecule has 0 atom stereocenters. The van der Waals surface area contributed by atoms with Crippen molar-refractivity contribution in [3.8, 4) is 0 Å². The second kappa shape index (κ2) is 7.77. The van der Waals surface area contributed by atoms with Crippen LogP contribution in [-0.2, 0) is 0 Å². The van der Waals surface area contributed by atoms with E-state index in [1.165, 1.54) is 38.5 Å². The van der Waals surface area contributed by atoms with Gasteiger partial charge in [0, 0.05) is 44.6 Å². The SMILES string of the molecule is CN1CCN(C(=O)c2cncc(NC3CCCCCC3)c2)CC1. The monoisotopic (exact) mass is 316 g/mol. The number of aromatic nitrogens is 1. The van der Waals surface area contributed by atoms with E-state index in [0.29, 0.717) is 11.6 Å². The summed E-state index contributed by atoms with van der Waals surface area (Å²) in [6.45, 7) is 3.49. The van der Waals surface area contributed by atoms with Gasteiger partial charge in [0.15, 0.2) is 0 Å². The highest BCUT2D eigenvalue weighted by atomic mass is 16.2. The Balaban J connectivity index is 1.63. The molecule has 1 saturated carbocycles. The third-order valence-corrected chi connectivity index (χ3v) is 5.00. The average Bonchev–Trinajstić information content (AvgIpc) is 2.84. The standard InChI is InChI=1S/C18H28N4O/c1-21-8-10-22(11-9-21)18(23)15-12-17(14-19-13-15)20-16-6-4-2-3-5-7-16/h12-14,16,20H,2-11H2,1H3. The van der Waals surface area contributed by atoms with Crippen LogP contribution in [0.5, 0.6) is 0 Å². The molecule has 0 spiro atoms. The van der Waals surface area contributed by atoms with Crippen LogP contribution in [0.4, 0.5) is 5.69 Å². The molecule has 126 valence electrons. The molecular formula is C18H28N4O. The maximum absolute atomic E-state index is 12.6. The van der Waals surface area contributed by atoms with Gasteiger partial charge >= 0.3 is 0 Å². The van der Waals surface area contributed by atoms with Crippen LogP contribution in [0.3, 0.4) is 0 Å². The first-order chi connectivity index (χ1) is 11.2. The molecule has 5 nitrogen and oxygen atoms in total. The number of hydrogen-bond donors (Lipinski definition) is 1. The summed E-state index contributed by atoms with van der Waals surface area (Å²) in [6, 6.07) is 2.49. The molecule has 0 aromatic carbocycles. The summed E-state index contributed by atoms with van der Waals surface area (Å²) >= 11 is 0. The molecule has 1 aliphatic heterocycles. The third kappa shape index (κ3) is 4.44. The van der Waals surface area contributed by atoms with Crippen LogP contribution in [0.2, 0.25) is 0 Å². The lowest BCUT2D eigenvalue weighted by Crippen LogP contribution is -2.47. The molecule has 2 heterocycles. The van der Waals surface area contributed by atoms with Gasteiger partial charge in [-0.3, -0.25) is 9.78 Å². The zero-order valence-corrected chi connectivity index (χ0v) is 14.1. The topological polar surface area (TPSA) is 48.5 Å². The molecular weight excluding hydrogens is 288 g/mol. The predicted molar refractivity (Wildman–Crippen MR) is 92.8 cm³/mol. The molecule has 1 N–H and O–H groups in total. The number of pyridine rings is 1. The number of anilines is 1. The summed E-state index contributed by atoms with van der Waals surface area (Å²) in [5.41, 5.74) is 1.69. The summed E-state index contributed by atoms with van der Waals surface area (Å²) < 4.78 is 0. The summed E-state index contributed by atoms with van der Waals surface area (Å²) in [7, 11) is 2.10. The van der Waals surface area contributed by atoms with Gasteiger partial charge in [0.25, 0.3) is 5.91 Å². The largest absolute Gasteiger partial charge is 0.381 e. The zero-order valence-electron chi connectivity index (χ0n) is 14.1. The summed E-state index contributed by atoms with van der Waals surface area (Å²) in [5, 5.41) is 3.58. The molecule has 0 bridgehead atoms. The Morgan fingerprint density at radius 1 is 1.09 bits per heavy atom. The summed E-state index contributed by atoms with van der Waals surface area (Å²) in [5.74, 6) is 0.107. The quantitative estimate of drug-likeness (QED) is 0.871. The van der Waals surface area contributed by atoms with Crippen LogP contribution in [0, 0.1) is 0 Å². The molecule has 1 amide bonds. The first kappa shape index (κ1) is 16.2. The van der Waals surface area contributed by atoms with E-state index in [1.807, 2.05) is 17.2 Å². The normalized spacial score (nSPS) is 21.0. The molecule has 2 fully saturated rings. The van der Waals surface area contributed by atoms with E-state index in [0.717, 1.165) is 31.9 Å². The number of carbonyl (C=O) groups excluding carboxylic acids is 1. The van der Waals surface area contributed by atoms with Crippen LogP contribution < -0.4 is 5.32 Å². The molecule has 3 rings (SSSR count). The number of hydrogen-bond acceptors (Lipinski definition) is 4. The minimum absolute atomic E-state index is 0.107. The Bertz CT molecular complexity index is 518. The molecule has 1 aliphatic carbocycles. The number of piperazine rings is 1. The van der Waals surface area contributed by atoms with Crippen molar-refractivity contribution >= 4 is 11.6 Å². The number of nitrogens with zero attached hydrogens (tertiary/aromatic N) is 3. The first-order valence-corrected chi connectivity index (χ1v) is 8.92. The predicted octanol–water partition coefficient (Wildman–Crippen LogP) is 2.60. The molecule has 23 heavy (non-hydrogen) atoms. The fourth-order valence-electron chi connectivity index (χ4n) is 3.49. The second-order valence-corrected chi connectivity index (χ2v) is 6.89. The van der Waals surface area contributed by atoms with E-state index in [1.54, 1.807) is 6.20 Å². The molecule has 1 aromatic heterocycles. The van der Waals surface area contributed by atoms with E-state index >= 15 is 0 Å². The van der Waals surface area contributed by atoms with E-state index in [4.69, 9.17) is 0 Å².